The molecule has 0 aliphatic carbocycles. The lowest BCUT2D eigenvalue weighted by atomic mass is 9.84. The van der Waals surface area contributed by atoms with Crippen LogP contribution >= 0.6 is 0 Å². The highest BCUT2D eigenvalue weighted by molar-refractivity contribution is 5.92. The third-order valence-electron chi connectivity index (χ3n) is 6.31. The van der Waals surface area contributed by atoms with Gasteiger partial charge in [-0.25, -0.2) is 0 Å². The van der Waals surface area contributed by atoms with E-state index < -0.39 is 0 Å². The molecule has 4 N–H and O–H groups in total. The van der Waals surface area contributed by atoms with Gasteiger partial charge < -0.3 is 11.5 Å². The minimum atomic E-state index is -0.343. The molecule has 2 aliphatic rings. The molecular formula is C23H29N3O. The van der Waals surface area contributed by atoms with E-state index in [2.05, 4.69) is 35.2 Å². The molecule has 4 nitrogen and oxygen atoms in total. The van der Waals surface area contributed by atoms with Gasteiger partial charge in [0.2, 0.25) is 5.91 Å². The molecular weight excluding hydrogens is 334 g/mol. The monoisotopic (exact) mass is 363 g/mol. The Kier molecular flexibility index (Phi) is 5.28. The molecule has 2 saturated heterocycles. The number of benzene rings is 2. The highest BCUT2D eigenvalue weighted by atomic mass is 16.1. The third kappa shape index (κ3) is 4.07. The first kappa shape index (κ1) is 18.2. The quantitative estimate of drug-likeness (QED) is 0.828. The highest BCUT2D eigenvalue weighted by Gasteiger charge is 2.41. The van der Waals surface area contributed by atoms with E-state index in [9.17, 15) is 4.79 Å². The molecule has 27 heavy (non-hydrogen) atoms. The summed E-state index contributed by atoms with van der Waals surface area (Å²) in [7, 11) is 0. The Morgan fingerprint density at radius 3 is 2.41 bits per heavy atom. The van der Waals surface area contributed by atoms with Crippen molar-refractivity contribution in [2.45, 2.75) is 56.1 Å². The van der Waals surface area contributed by atoms with Crippen molar-refractivity contribution in [3.8, 4) is 0 Å². The number of nitrogens with two attached hydrogens (primary N) is 2. The zero-order valence-electron chi connectivity index (χ0n) is 15.8. The summed E-state index contributed by atoms with van der Waals surface area (Å²) in [6.07, 6.45) is 5.75. The van der Waals surface area contributed by atoms with E-state index in [4.69, 9.17) is 11.5 Å². The van der Waals surface area contributed by atoms with Gasteiger partial charge in [0.25, 0.3) is 0 Å². The van der Waals surface area contributed by atoms with Crippen molar-refractivity contribution < 1.29 is 4.79 Å². The number of piperidine rings is 1. The SMILES string of the molecule is NC(=O)c1cccc(C2CC3CCC(C2)N3CC(N)Cc2ccccc2)c1. The average molecular weight is 364 g/mol. The number of amides is 1. The third-order valence-corrected chi connectivity index (χ3v) is 6.31. The van der Waals surface area contributed by atoms with E-state index in [-0.39, 0.29) is 11.9 Å². The van der Waals surface area contributed by atoms with Gasteiger partial charge in [-0.05, 0) is 61.3 Å². The largest absolute Gasteiger partial charge is 0.366 e. The van der Waals surface area contributed by atoms with Crippen LogP contribution in [0, 0.1) is 0 Å². The maximum atomic E-state index is 11.5. The number of fused-ring (bicyclic) bond motifs is 2. The predicted molar refractivity (Wildman–Crippen MR) is 109 cm³/mol. The molecule has 0 saturated carbocycles. The van der Waals surface area contributed by atoms with Crippen molar-refractivity contribution in [1.29, 1.82) is 0 Å². The molecule has 3 unspecified atom stereocenters. The lowest BCUT2D eigenvalue weighted by molar-refractivity contribution is 0.1000. The summed E-state index contributed by atoms with van der Waals surface area (Å²) >= 11 is 0. The number of primary amides is 1. The Labute approximate surface area is 161 Å². The van der Waals surface area contributed by atoms with E-state index in [1.165, 1.54) is 24.0 Å². The van der Waals surface area contributed by atoms with Gasteiger partial charge in [-0.15, -0.1) is 0 Å². The molecule has 2 aromatic carbocycles. The lowest BCUT2D eigenvalue weighted by Gasteiger charge is -2.40. The molecule has 2 aliphatic heterocycles. The van der Waals surface area contributed by atoms with Crippen molar-refractivity contribution in [3.63, 3.8) is 0 Å². The van der Waals surface area contributed by atoms with Crippen LogP contribution in [0.5, 0.6) is 0 Å². The summed E-state index contributed by atoms with van der Waals surface area (Å²) in [5.41, 5.74) is 15.1. The molecule has 2 bridgehead atoms. The summed E-state index contributed by atoms with van der Waals surface area (Å²) in [5, 5.41) is 0. The van der Waals surface area contributed by atoms with Crippen molar-refractivity contribution in [1.82, 2.24) is 4.90 Å². The van der Waals surface area contributed by atoms with Crippen LogP contribution in [-0.2, 0) is 6.42 Å². The zero-order valence-corrected chi connectivity index (χ0v) is 15.8. The van der Waals surface area contributed by atoms with E-state index in [1.54, 1.807) is 6.07 Å². The normalized spacial score (nSPS) is 26.0. The predicted octanol–water partition coefficient (Wildman–Crippen LogP) is 3.07. The molecule has 0 radical (unpaired) electrons. The van der Waals surface area contributed by atoms with Crippen LogP contribution in [0.2, 0.25) is 0 Å². The fourth-order valence-electron chi connectivity index (χ4n) is 5.04. The van der Waals surface area contributed by atoms with Crippen LogP contribution in [0.3, 0.4) is 0 Å². The van der Waals surface area contributed by atoms with Crippen LogP contribution in [0.15, 0.2) is 54.6 Å². The van der Waals surface area contributed by atoms with E-state index in [0.717, 1.165) is 25.8 Å². The summed E-state index contributed by atoms with van der Waals surface area (Å²) in [4.78, 5) is 14.2. The average Bonchev–Trinajstić information content (AvgIpc) is 2.90. The first-order valence-electron chi connectivity index (χ1n) is 10.0. The number of hydrogen-bond acceptors (Lipinski definition) is 3. The molecule has 4 rings (SSSR count). The lowest BCUT2D eigenvalue weighted by Crippen LogP contribution is -2.48. The van der Waals surface area contributed by atoms with Gasteiger partial charge in [-0.3, -0.25) is 9.69 Å². The zero-order chi connectivity index (χ0) is 18.8. The number of hydrogen-bond donors (Lipinski definition) is 2. The van der Waals surface area contributed by atoms with Crippen LogP contribution in [-0.4, -0.2) is 35.5 Å². The standard InChI is InChI=1S/C23H29N3O/c24-20(11-16-5-2-1-3-6-16)15-26-21-9-10-22(26)14-19(13-21)17-7-4-8-18(12-17)23(25)27/h1-8,12,19-22H,9-11,13-15,24H2,(H2,25,27). The molecule has 2 fully saturated rings. The number of carbonyl (C=O) groups excluding carboxylic acids is 1. The molecule has 4 heteroatoms. The topological polar surface area (TPSA) is 72.4 Å². The first-order valence-corrected chi connectivity index (χ1v) is 10.0. The van der Waals surface area contributed by atoms with Gasteiger partial charge in [0.15, 0.2) is 0 Å². The van der Waals surface area contributed by atoms with Crippen LogP contribution in [0.25, 0.3) is 0 Å². The summed E-state index contributed by atoms with van der Waals surface area (Å²) in [5.74, 6) is 0.174. The van der Waals surface area contributed by atoms with Crippen molar-refractivity contribution in [2.75, 3.05) is 6.54 Å². The number of nitrogens with zero attached hydrogens (tertiary/aromatic N) is 1. The Bertz CT molecular complexity index is 777. The van der Waals surface area contributed by atoms with Crippen molar-refractivity contribution in [3.05, 3.63) is 71.3 Å². The molecule has 2 heterocycles. The fourth-order valence-corrected chi connectivity index (χ4v) is 5.04. The Morgan fingerprint density at radius 1 is 1.04 bits per heavy atom. The molecule has 1 amide bonds. The molecule has 0 spiro atoms. The molecule has 142 valence electrons. The summed E-state index contributed by atoms with van der Waals surface area (Å²) < 4.78 is 0. The maximum Gasteiger partial charge on any atom is 0.248 e. The Hall–Kier alpha value is -2.17. The van der Waals surface area contributed by atoms with Crippen molar-refractivity contribution >= 4 is 5.91 Å². The molecule has 2 aromatic rings. The second-order valence-corrected chi connectivity index (χ2v) is 8.19. The number of rotatable bonds is 6. The smallest absolute Gasteiger partial charge is 0.248 e. The second kappa shape index (κ2) is 7.83. The van der Waals surface area contributed by atoms with Gasteiger partial charge in [0.05, 0.1) is 0 Å². The van der Waals surface area contributed by atoms with Gasteiger partial charge >= 0.3 is 0 Å². The van der Waals surface area contributed by atoms with Crippen LogP contribution in [0.4, 0.5) is 0 Å². The van der Waals surface area contributed by atoms with Gasteiger partial charge in [-0.2, -0.15) is 0 Å². The van der Waals surface area contributed by atoms with Crippen molar-refractivity contribution in [2.24, 2.45) is 11.5 Å². The first-order chi connectivity index (χ1) is 13.1. The maximum absolute atomic E-state index is 11.5. The molecule has 3 atom stereocenters. The van der Waals surface area contributed by atoms with Gasteiger partial charge in [-0.1, -0.05) is 42.5 Å². The fraction of sp³-hybridized carbons (Fsp3) is 0.435. The minimum Gasteiger partial charge on any atom is -0.366 e. The Morgan fingerprint density at radius 2 is 1.74 bits per heavy atom. The summed E-state index contributed by atoms with van der Waals surface area (Å²) in [6.45, 7) is 0.971. The Balaban J connectivity index is 1.40. The minimum absolute atomic E-state index is 0.172. The van der Waals surface area contributed by atoms with E-state index in [0.29, 0.717) is 23.6 Å². The molecule has 0 aromatic heterocycles. The van der Waals surface area contributed by atoms with Gasteiger partial charge in [0, 0.05) is 30.2 Å². The van der Waals surface area contributed by atoms with Crippen LogP contribution in [0.1, 0.15) is 53.1 Å². The van der Waals surface area contributed by atoms with Crippen LogP contribution < -0.4 is 11.5 Å². The van der Waals surface area contributed by atoms with Gasteiger partial charge in [0.1, 0.15) is 0 Å². The van der Waals surface area contributed by atoms with E-state index in [1.807, 2.05) is 18.2 Å². The summed E-state index contributed by atoms with van der Waals surface area (Å²) in [6, 6.07) is 19.8. The second-order valence-electron chi connectivity index (χ2n) is 8.19. The number of carbonyl (C=O) groups is 1. The van der Waals surface area contributed by atoms with E-state index >= 15 is 0 Å². The highest BCUT2D eigenvalue weighted by Crippen LogP contribution is 2.43.